The normalized spacial score (nSPS) is 18.7. The molecule has 0 bridgehead atoms. The van der Waals surface area contributed by atoms with E-state index >= 15 is 0 Å². The lowest BCUT2D eigenvalue weighted by molar-refractivity contribution is 0.0932. The number of nitrogens with zero attached hydrogens (tertiary/aromatic N) is 4. The van der Waals surface area contributed by atoms with Crippen LogP contribution in [0.3, 0.4) is 0 Å². The summed E-state index contributed by atoms with van der Waals surface area (Å²) in [6.07, 6.45) is 11.1. The lowest BCUT2D eigenvalue weighted by Gasteiger charge is -2.36. The average Bonchev–Trinajstić information content (AvgIpc) is 3.55. The molecule has 0 spiro atoms. The van der Waals surface area contributed by atoms with Crippen LogP contribution in [0.25, 0.3) is 16.4 Å². The molecule has 6 heteroatoms. The number of aliphatic hydroxyl groups is 1. The first-order valence-electron chi connectivity index (χ1n) is 11.1. The molecule has 5 nitrogen and oxygen atoms in total. The highest BCUT2D eigenvalue weighted by molar-refractivity contribution is 5.92. The summed E-state index contributed by atoms with van der Waals surface area (Å²) in [5.41, 5.74) is 4.82. The third kappa shape index (κ3) is 3.17. The molecule has 1 atom stereocenters. The van der Waals surface area contributed by atoms with Crippen LogP contribution in [-0.4, -0.2) is 32.6 Å². The van der Waals surface area contributed by atoms with E-state index < -0.39 is 6.10 Å². The van der Waals surface area contributed by atoms with Gasteiger partial charge in [-0.2, -0.15) is 0 Å². The van der Waals surface area contributed by atoms with E-state index in [1.807, 2.05) is 28.8 Å². The number of halogens is 1. The first kappa shape index (κ1) is 18.8. The van der Waals surface area contributed by atoms with E-state index in [9.17, 15) is 9.50 Å². The Morgan fingerprint density at radius 3 is 2.71 bits per heavy atom. The van der Waals surface area contributed by atoms with E-state index in [2.05, 4.69) is 27.1 Å². The minimum atomic E-state index is -0.496. The molecule has 31 heavy (non-hydrogen) atoms. The van der Waals surface area contributed by atoms with Crippen LogP contribution in [0.4, 0.5) is 10.1 Å². The van der Waals surface area contributed by atoms with Crippen molar-refractivity contribution in [2.24, 2.45) is 5.92 Å². The Morgan fingerprint density at radius 2 is 1.90 bits per heavy atom. The van der Waals surface area contributed by atoms with Gasteiger partial charge in [-0.15, -0.1) is 0 Å². The topological polar surface area (TPSA) is 53.7 Å². The standard InChI is InChI=1S/C25H25FN4O/c26-20-5-6-21(19-2-1-10-28-24(19)20)29-11-7-17(8-12-29)25(31)23-18(16-3-4-16)9-13-30-15-27-14-22(23)30/h1-2,5-6,9-10,13-17,25,31H,3-4,7-8,11-12H2/t25-/m0/s1. The number of imidazole rings is 1. The molecule has 2 fully saturated rings. The zero-order chi connectivity index (χ0) is 20.9. The molecular formula is C25H25FN4O. The number of benzene rings is 1. The minimum Gasteiger partial charge on any atom is -0.388 e. The number of fused-ring (bicyclic) bond motifs is 2. The van der Waals surface area contributed by atoms with Crippen molar-refractivity contribution in [3.8, 4) is 0 Å². The maximum atomic E-state index is 14.2. The summed E-state index contributed by atoms with van der Waals surface area (Å²) in [5.74, 6) is 0.480. The Morgan fingerprint density at radius 1 is 1.06 bits per heavy atom. The van der Waals surface area contributed by atoms with Gasteiger partial charge >= 0.3 is 0 Å². The third-order valence-electron chi connectivity index (χ3n) is 7.00. The molecule has 0 unspecified atom stereocenters. The van der Waals surface area contributed by atoms with Gasteiger partial charge in [-0.05, 0) is 73.4 Å². The Kier molecular flexibility index (Phi) is 4.42. The summed E-state index contributed by atoms with van der Waals surface area (Å²) >= 11 is 0. The van der Waals surface area contributed by atoms with Crippen LogP contribution >= 0.6 is 0 Å². The van der Waals surface area contributed by atoms with Crippen molar-refractivity contribution in [1.29, 1.82) is 0 Å². The smallest absolute Gasteiger partial charge is 0.149 e. The molecule has 1 aliphatic heterocycles. The minimum absolute atomic E-state index is 0.194. The number of rotatable bonds is 4. The maximum Gasteiger partial charge on any atom is 0.149 e. The Labute approximate surface area is 180 Å². The quantitative estimate of drug-likeness (QED) is 0.517. The fraction of sp³-hybridized carbons (Fsp3) is 0.360. The summed E-state index contributed by atoms with van der Waals surface area (Å²) in [6.45, 7) is 1.66. The summed E-state index contributed by atoms with van der Waals surface area (Å²) in [7, 11) is 0. The number of hydrogen-bond donors (Lipinski definition) is 1. The molecular weight excluding hydrogens is 391 g/mol. The van der Waals surface area contributed by atoms with Gasteiger partial charge in [0.1, 0.15) is 11.3 Å². The second-order valence-electron chi connectivity index (χ2n) is 8.88. The van der Waals surface area contributed by atoms with Gasteiger partial charge in [0.15, 0.2) is 0 Å². The molecule has 3 aromatic heterocycles. The lowest BCUT2D eigenvalue weighted by Crippen LogP contribution is -2.36. The van der Waals surface area contributed by atoms with Crippen molar-refractivity contribution in [2.45, 2.75) is 37.7 Å². The molecule has 1 N–H and O–H groups in total. The number of aliphatic hydroxyl groups excluding tert-OH is 1. The van der Waals surface area contributed by atoms with Gasteiger partial charge in [0.05, 0.1) is 24.1 Å². The third-order valence-corrected chi connectivity index (χ3v) is 7.00. The molecule has 1 saturated heterocycles. The zero-order valence-electron chi connectivity index (χ0n) is 17.3. The Balaban J connectivity index is 1.27. The van der Waals surface area contributed by atoms with Gasteiger partial charge in [-0.1, -0.05) is 0 Å². The zero-order valence-corrected chi connectivity index (χ0v) is 17.3. The van der Waals surface area contributed by atoms with Crippen molar-refractivity contribution in [2.75, 3.05) is 18.0 Å². The maximum absolute atomic E-state index is 14.2. The van der Waals surface area contributed by atoms with Gasteiger partial charge in [0.2, 0.25) is 0 Å². The molecule has 1 aromatic carbocycles. The Hall–Kier alpha value is -2.99. The van der Waals surface area contributed by atoms with Crippen molar-refractivity contribution >= 4 is 22.1 Å². The number of anilines is 1. The second kappa shape index (κ2) is 7.31. The molecule has 158 valence electrons. The number of hydrogen-bond acceptors (Lipinski definition) is 4. The fourth-order valence-corrected chi connectivity index (χ4v) is 5.19. The van der Waals surface area contributed by atoms with Crippen molar-refractivity contribution in [3.63, 3.8) is 0 Å². The van der Waals surface area contributed by atoms with Crippen LogP contribution in [0.1, 0.15) is 48.8 Å². The summed E-state index contributed by atoms with van der Waals surface area (Å²) in [4.78, 5) is 10.8. The van der Waals surface area contributed by atoms with E-state index in [4.69, 9.17) is 0 Å². The highest BCUT2D eigenvalue weighted by atomic mass is 19.1. The van der Waals surface area contributed by atoms with Crippen molar-refractivity contribution in [3.05, 3.63) is 72.2 Å². The average molecular weight is 417 g/mol. The van der Waals surface area contributed by atoms with E-state index in [1.165, 1.54) is 24.5 Å². The largest absolute Gasteiger partial charge is 0.388 e. The Bertz CT molecular complexity index is 1260. The number of piperidine rings is 1. The van der Waals surface area contributed by atoms with E-state index in [0.717, 1.165) is 48.1 Å². The van der Waals surface area contributed by atoms with Gasteiger partial charge < -0.3 is 14.4 Å². The van der Waals surface area contributed by atoms with Crippen molar-refractivity contribution < 1.29 is 9.50 Å². The van der Waals surface area contributed by atoms with Gasteiger partial charge in [0, 0.05) is 42.1 Å². The molecule has 6 rings (SSSR count). The summed E-state index contributed by atoms with van der Waals surface area (Å²) in [5, 5.41) is 12.3. The molecule has 4 heterocycles. The van der Waals surface area contributed by atoms with Gasteiger partial charge in [-0.25, -0.2) is 9.37 Å². The van der Waals surface area contributed by atoms with Crippen LogP contribution in [-0.2, 0) is 0 Å². The fourth-order valence-electron chi connectivity index (χ4n) is 5.19. The highest BCUT2D eigenvalue weighted by Gasteiger charge is 2.34. The highest BCUT2D eigenvalue weighted by Crippen LogP contribution is 2.46. The van der Waals surface area contributed by atoms with Crippen LogP contribution in [0, 0.1) is 11.7 Å². The van der Waals surface area contributed by atoms with E-state index in [1.54, 1.807) is 12.5 Å². The molecule has 1 saturated carbocycles. The van der Waals surface area contributed by atoms with Crippen LogP contribution < -0.4 is 4.90 Å². The van der Waals surface area contributed by atoms with Gasteiger partial charge in [-0.3, -0.25) is 4.98 Å². The molecule has 0 radical (unpaired) electrons. The predicted molar refractivity (Wildman–Crippen MR) is 119 cm³/mol. The van der Waals surface area contributed by atoms with Gasteiger partial charge in [0.25, 0.3) is 0 Å². The van der Waals surface area contributed by atoms with Crippen LogP contribution in [0.5, 0.6) is 0 Å². The van der Waals surface area contributed by atoms with Crippen LogP contribution in [0.15, 0.2) is 55.2 Å². The molecule has 2 aliphatic rings. The monoisotopic (exact) mass is 416 g/mol. The predicted octanol–water partition coefficient (Wildman–Crippen LogP) is 4.85. The molecule has 0 amide bonds. The van der Waals surface area contributed by atoms with E-state index in [-0.39, 0.29) is 11.7 Å². The number of aromatic nitrogens is 3. The number of pyridine rings is 2. The molecule has 4 aromatic rings. The van der Waals surface area contributed by atoms with Crippen LogP contribution in [0.2, 0.25) is 0 Å². The first-order chi connectivity index (χ1) is 15.2. The summed E-state index contributed by atoms with van der Waals surface area (Å²) in [6, 6.07) is 9.32. The van der Waals surface area contributed by atoms with E-state index in [0.29, 0.717) is 11.4 Å². The first-order valence-corrected chi connectivity index (χ1v) is 11.1. The second-order valence-corrected chi connectivity index (χ2v) is 8.88. The summed E-state index contributed by atoms with van der Waals surface area (Å²) < 4.78 is 16.2. The SMILES string of the molecule is O[C@H](c1c(C2CC2)ccn2cncc12)C1CCN(c2ccc(F)c3ncccc23)CC1. The van der Waals surface area contributed by atoms with Crippen molar-refractivity contribution in [1.82, 2.24) is 14.4 Å². The lowest BCUT2D eigenvalue weighted by atomic mass is 9.84. The molecule has 1 aliphatic carbocycles.